The number of halogens is 1. The van der Waals surface area contributed by atoms with Crippen LogP contribution < -0.4 is 0 Å². The van der Waals surface area contributed by atoms with E-state index in [-0.39, 0.29) is 24.3 Å². The minimum absolute atomic E-state index is 0.136. The van der Waals surface area contributed by atoms with Gasteiger partial charge in [0.15, 0.2) is 0 Å². The van der Waals surface area contributed by atoms with Gasteiger partial charge in [0.1, 0.15) is 5.82 Å². The summed E-state index contributed by atoms with van der Waals surface area (Å²) in [5.74, 6) is -2.34. The minimum Gasteiger partial charge on any atom is -0.481 e. The van der Waals surface area contributed by atoms with Gasteiger partial charge in [-0.2, -0.15) is 0 Å². The first-order chi connectivity index (χ1) is 9.58. The fraction of sp³-hybridized carbons (Fsp3) is 0.467. The number of rotatable bonds is 5. The lowest BCUT2D eigenvalue weighted by molar-refractivity contribution is -0.142. The lowest BCUT2D eigenvalue weighted by Gasteiger charge is -2.23. The molecule has 0 heterocycles. The molecule has 2 fully saturated rings. The summed E-state index contributed by atoms with van der Waals surface area (Å²) in [7, 11) is 0. The van der Waals surface area contributed by atoms with Gasteiger partial charge >= 0.3 is 5.97 Å². The van der Waals surface area contributed by atoms with Crippen LogP contribution in [-0.2, 0) is 16.1 Å². The smallest absolute Gasteiger partial charge is 0.307 e. The van der Waals surface area contributed by atoms with Crippen molar-refractivity contribution < 1.29 is 19.1 Å². The van der Waals surface area contributed by atoms with Gasteiger partial charge in [-0.25, -0.2) is 4.39 Å². The van der Waals surface area contributed by atoms with E-state index in [2.05, 4.69) is 0 Å². The Labute approximate surface area is 116 Å². The van der Waals surface area contributed by atoms with E-state index in [0.29, 0.717) is 12.0 Å². The first-order valence-corrected chi connectivity index (χ1v) is 6.84. The first-order valence-electron chi connectivity index (χ1n) is 6.84. The number of carboxylic acid groups (broad SMARTS) is 1. The quantitative estimate of drug-likeness (QED) is 0.896. The molecule has 0 spiro atoms. The second-order valence-electron chi connectivity index (χ2n) is 5.58. The van der Waals surface area contributed by atoms with Crippen molar-refractivity contribution in [3.63, 3.8) is 0 Å². The third kappa shape index (κ3) is 2.53. The number of nitrogens with zero attached hydrogens (tertiary/aromatic N) is 1. The van der Waals surface area contributed by atoms with E-state index in [4.69, 9.17) is 5.11 Å². The second kappa shape index (κ2) is 4.89. The van der Waals surface area contributed by atoms with Crippen molar-refractivity contribution in [2.24, 2.45) is 11.8 Å². The summed E-state index contributed by atoms with van der Waals surface area (Å²) < 4.78 is 13.7. The standard InChI is InChI=1S/C15H16FNO3/c16-13-4-2-1-3-9(13)8-17(10-5-6-10)14(18)11-7-12(11)15(19)20/h1-4,10-12H,5-8H2,(H,19,20). The molecule has 1 amide bonds. The van der Waals surface area contributed by atoms with E-state index in [1.807, 2.05) is 0 Å². The lowest BCUT2D eigenvalue weighted by atomic mass is 10.1. The molecule has 0 aromatic heterocycles. The van der Waals surface area contributed by atoms with Crippen LogP contribution in [0.15, 0.2) is 24.3 Å². The lowest BCUT2D eigenvalue weighted by Crippen LogP contribution is -2.34. The Morgan fingerprint density at radius 2 is 1.95 bits per heavy atom. The van der Waals surface area contributed by atoms with Crippen molar-refractivity contribution in [1.82, 2.24) is 4.90 Å². The molecule has 106 valence electrons. The van der Waals surface area contributed by atoms with Gasteiger partial charge in [0.25, 0.3) is 0 Å². The van der Waals surface area contributed by atoms with Crippen molar-refractivity contribution in [2.45, 2.75) is 31.8 Å². The summed E-state index contributed by atoms with van der Waals surface area (Å²) in [5.41, 5.74) is 0.486. The molecule has 2 aliphatic carbocycles. The fourth-order valence-electron chi connectivity index (χ4n) is 2.54. The van der Waals surface area contributed by atoms with Crippen LogP contribution in [-0.4, -0.2) is 27.9 Å². The molecule has 2 saturated carbocycles. The molecule has 1 N–H and O–H groups in total. The summed E-state index contributed by atoms with van der Waals surface area (Å²) >= 11 is 0. The van der Waals surface area contributed by atoms with E-state index >= 15 is 0 Å². The molecule has 0 saturated heterocycles. The highest BCUT2D eigenvalue weighted by Gasteiger charge is 2.51. The SMILES string of the molecule is O=C(O)C1CC1C(=O)N(Cc1ccccc1F)C1CC1. The first kappa shape index (κ1) is 13.1. The Balaban J connectivity index is 1.72. The zero-order chi connectivity index (χ0) is 14.3. The number of hydrogen-bond donors (Lipinski definition) is 1. The Kier molecular flexibility index (Phi) is 3.20. The molecule has 20 heavy (non-hydrogen) atoms. The van der Waals surface area contributed by atoms with E-state index in [1.54, 1.807) is 23.1 Å². The average Bonchev–Trinajstić information content (AvgIpc) is 3.28. The van der Waals surface area contributed by atoms with E-state index in [9.17, 15) is 14.0 Å². The summed E-state index contributed by atoms with van der Waals surface area (Å²) in [6.45, 7) is 0.235. The van der Waals surface area contributed by atoms with Crippen LogP contribution >= 0.6 is 0 Å². The van der Waals surface area contributed by atoms with Crippen LogP contribution in [0, 0.1) is 17.7 Å². The number of carbonyl (C=O) groups excluding carboxylic acids is 1. The summed E-state index contributed by atoms with van der Waals surface area (Å²) in [4.78, 5) is 24.9. The molecular weight excluding hydrogens is 261 g/mol. The predicted molar refractivity (Wildman–Crippen MR) is 69.2 cm³/mol. The molecule has 0 aliphatic heterocycles. The van der Waals surface area contributed by atoms with Gasteiger partial charge < -0.3 is 10.0 Å². The number of amides is 1. The van der Waals surface area contributed by atoms with E-state index in [1.165, 1.54) is 6.07 Å². The molecule has 1 aromatic carbocycles. The van der Waals surface area contributed by atoms with Gasteiger partial charge in [0.05, 0.1) is 11.8 Å². The van der Waals surface area contributed by atoms with E-state index < -0.39 is 17.8 Å². The van der Waals surface area contributed by atoms with Crippen LogP contribution in [0.1, 0.15) is 24.8 Å². The maximum absolute atomic E-state index is 13.7. The number of hydrogen-bond acceptors (Lipinski definition) is 2. The van der Waals surface area contributed by atoms with Crippen molar-refractivity contribution in [2.75, 3.05) is 0 Å². The molecule has 2 aliphatic rings. The monoisotopic (exact) mass is 277 g/mol. The third-order valence-electron chi connectivity index (χ3n) is 3.99. The highest BCUT2D eigenvalue weighted by atomic mass is 19.1. The van der Waals surface area contributed by atoms with Crippen molar-refractivity contribution >= 4 is 11.9 Å². The largest absolute Gasteiger partial charge is 0.481 e. The maximum atomic E-state index is 13.7. The van der Waals surface area contributed by atoms with Gasteiger partial charge in [-0.15, -0.1) is 0 Å². The second-order valence-corrected chi connectivity index (χ2v) is 5.58. The Morgan fingerprint density at radius 1 is 1.25 bits per heavy atom. The number of carboxylic acids is 1. The molecule has 2 atom stereocenters. The molecular formula is C15H16FNO3. The Morgan fingerprint density at radius 3 is 2.50 bits per heavy atom. The average molecular weight is 277 g/mol. The molecule has 0 radical (unpaired) electrons. The van der Waals surface area contributed by atoms with Crippen LogP contribution in [0.3, 0.4) is 0 Å². The predicted octanol–water partition coefficient (Wildman–Crippen LogP) is 2.04. The highest BCUT2D eigenvalue weighted by Crippen LogP contribution is 2.42. The normalized spacial score (nSPS) is 24.2. The van der Waals surface area contributed by atoms with Crippen LogP contribution in [0.25, 0.3) is 0 Å². The molecule has 4 nitrogen and oxygen atoms in total. The zero-order valence-electron chi connectivity index (χ0n) is 11.0. The van der Waals surface area contributed by atoms with Crippen molar-refractivity contribution in [1.29, 1.82) is 0 Å². The summed E-state index contributed by atoms with van der Waals surface area (Å²) in [6, 6.07) is 6.55. The molecule has 1 aromatic rings. The summed E-state index contributed by atoms with van der Waals surface area (Å²) in [6.07, 6.45) is 2.25. The van der Waals surface area contributed by atoms with Gasteiger partial charge in [-0.3, -0.25) is 9.59 Å². The van der Waals surface area contributed by atoms with Gasteiger partial charge in [0, 0.05) is 18.2 Å². The molecule has 3 rings (SSSR count). The fourth-order valence-corrected chi connectivity index (χ4v) is 2.54. The zero-order valence-corrected chi connectivity index (χ0v) is 11.0. The van der Waals surface area contributed by atoms with E-state index in [0.717, 1.165) is 12.8 Å². The van der Waals surface area contributed by atoms with Crippen LogP contribution in [0.4, 0.5) is 4.39 Å². The highest BCUT2D eigenvalue weighted by molar-refractivity contribution is 5.89. The number of benzene rings is 1. The van der Waals surface area contributed by atoms with Gasteiger partial charge in [-0.1, -0.05) is 18.2 Å². The summed E-state index contributed by atoms with van der Waals surface area (Å²) in [5, 5.41) is 8.91. The topological polar surface area (TPSA) is 57.6 Å². The maximum Gasteiger partial charge on any atom is 0.307 e. The van der Waals surface area contributed by atoms with Gasteiger partial charge in [0.2, 0.25) is 5.91 Å². The van der Waals surface area contributed by atoms with Crippen LogP contribution in [0.5, 0.6) is 0 Å². The number of aliphatic carboxylic acids is 1. The molecule has 2 unspecified atom stereocenters. The Hall–Kier alpha value is -1.91. The van der Waals surface area contributed by atoms with Crippen LogP contribution in [0.2, 0.25) is 0 Å². The van der Waals surface area contributed by atoms with Crippen molar-refractivity contribution in [3.05, 3.63) is 35.6 Å². The Bertz CT molecular complexity index is 556. The van der Waals surface area contributed by atoms with Crippen molar-refractivity contribution in [3.8, 4) is 0 Å². The molecule has 5 heteroatoms. The number of carbonyl (C=O) groups is 2. The molecule has 0 bridgehead atoms. The van der Waals surface area contributed by atoms with Gasteiger partial charge in [-0.05, 0) is 25.3 Å². The minimum atomic E-state index is -0.912. The third-order valence-corrected chi connectivity index (χ3v) is 3.99.